The molecular formula is C12H23NO4. The van der Waals surface area contributed by atoms with Gasteiger partial charge in [-0.2, -0.15) is 0 Å². The van der Waals surface area contributed by atoms with Crippen molar-refractivity contribution in [2.45, 2.75) is 44.9 Å². The topological polar surface area (TPSA) is 75.6 Å². The molecule has 5 nitrogen and oxygen atoms in total. The first-order valence-electron chi connectivity index (χ1n) is 6.15. The summed E-state index contributed by atoms with van der Waals surface area (Å²) in [6, 6.07) is 0. The molecule has 0 fully saturated rings. The van der Waals surface area contributed by atoms with E-state index in [0.717, 1.165) is 32.1 Å². The Kier molecular flexibility index (Phi) is 10.7. The fourth-order valence-electron chi connectivity index (χ4n) is 1.47. The summed E-state index contributed by atoms with van der Waals surface area (Å²) in [5, 5.41) is 11.1. The molecule has 1 amide bonds. The lowest BCUT2D eigenvalue weighted by Crippen LogP contribution is -2.25. The number of hydrogen-bond acceptors (Lipinski definition) is 4. The van der Waals surface area contributed by atoms with Gasteiger partial charge in [-0.25, -0.2) is 0 Å². The van der Waals surface area contributed by atoms with Crippen LogP contribution in [-0.2, 0) is 14.3 Å². The molecule has 0 radical (unpaired) electrons. The number of methoxy groups -OCH3 is 1. The summed E-state index contributed by atoms with van der Waals surface area (Å²) in [6.45, 7) is 0.317. The highest BCUT2D eigenvalue weighted by atomic mass is 16.5. The SMILES string of the molecule is COC(=O)CCCCCCCC(=O)NCCO. The van der Waals surface area contributed by atoms with Gasteiger partial charge in [0.25, 0.3) is 0 Å². The van der Waals surface area contributed by atoms with Gasteiger partial charge in [-0.3, -0.25) is 9.59 Å². The van der Waals surface area contributed by atoms with Crippen molar-refractivity contribution in [3.05, 3.63) is 0 Å². The second-order valence-electron chi connectivity index (χ2n) is 3.92. The molecule has 0 bridgehead atoms. The Labute approximate surface area is 103 Å². The van der Waals surface area contributed by atoms with Crippen molar-refractivity contribution in [3.8, 4) is 0 Å². The molecule has 17 heavy (non-hydrogen) atoms. The van der Waals surface area contributed by atoms with E-state index in [9.17, 15) is 9.59 Å². The molecule has 100 valence electrons. The first-order valence-corrected chi connectivity index (χ1v) is 6.15. The molecule has 0 saturated heterocycles. The van der Waals surface area contributed by atoms with Gasteiger partial charge in [0.15, 0.2) is 0 Å². The van der Waals surface area contributed by atoms with Gasteiger partial charge in [0.05, 0.1) is 13.7 Å². The third kappa shape index (κ3) is 11.2. The average molecular weight is 245 g/mol. The van der Waals surface area contributed by atoms with Crippen molar-refractivity contribution in [1.29, 1.82) is 0 Å². The van der Waals surface area contributed by atoms with Gasteiger partial charge in [-0.1, -0.05) is 19.3 Å². The van der Waals surface area contributed by atoms with Crippen LogP contribution in [0.1, 0.15) is 44.9 Å². The first-order chi connectivity index (χ1) is 8.20. The molecule has 0 aromatic rings. The predicted octanol–water partition coefficient (Wildman–Crippen LogP) is 0.999. The predicted molar refractivity (Wildman–Crippen MR) is 64.4 cm³/mol. The van der Waals surface area contributed by atoms with E-state index in [2.05, 4.69) is 10.1 Å². The Morgan fingerprint density at radius 2 is 1.65 bits per heavy atom. The van der Waals surface area contributed by atoms with Crippen molar-refractivity contribution in [3.63, 3.8) is 0 Å². The Morgan fingerprint density at radius 3 is 2.24 bits per heavy atom. The van der Waals surface area contributed by atoms with Crippen LogP contribution in [0, 0.1) is 0 Å². The summed E-state index contributed by atoms with van der Waals surface area (Å²) >= 11 is 0. The monoisotopic (exact) mass is 245 g/mol. The van der Waals surface area contributed by atoms with Gasteiger partial charge >= 0.3 is 5.97 Å². The molecule has 0 aromatic heterocycles. The first kappa shape index (κ1) is 15.9. The maximum absolute atomic E-state index is 11.1. The van der Waals surface area contributed by atoms with Gasteiger partial charge in [-0.15, -0.1) is 0 Å². The summed E-state index contributed by atoms with van der Waals surface area (Å²) in [7, 11) is 1.40. The number of aliphatic hydroxyl groups is 1. The fourth-order valence-corrected chi connectivity index (χ4v) is 1.47. The number of ether oxygens (including phenoxy) is 1. The van der Waals surface area contributed by atoms with E-state index in [0.29, 0.717) is 19.4 Å². The van der Waals surface area contributed by atoms with Crippen LogP contribution in [-0.4, -0.2) is 37.2 Å². The maximum Gasteiger partial charge on any atom is 0.305 e. The van der Waals surface area contributed by atoms with E-state index in [4.69, 9.17) is 5.11 Å². The van der Waals surface area contributed by atoms with E-state index in [1.165, 1.54) is 7.11 Å². The van der Waals surface area contributed by atoms with Crippen molar-refractivity contribution in [2.75, 3.05) is 20.3 Å². The Bertz CT molecular complexity index is 219. The summed E-state index contributed by atoms with van der Waals surface area (Å²) in [5.41, 5.74) is 0. The molecule has 0 rings (SSSR count). The quantitative estimate of drug-likeness (QED) is 0.445. The van der Waals surface area contributed by atoms with Crippen LogP contribution in [0.15, 0.2) is 0 Å². The summed E-state index contributed by atoms with van der Waals surface area (Å²) in [4.78, 5) is 21.9. The fraction of sp³-hybridized carbons (Fsp3) is 0.833. The van der Waals surface area contributed by atoms with Crippen LogP contribution in [0.5, 0.6) is 0 Å². The highest BCUT2D eigenvalue weighted by molar-refractivity contribution is 5.75. The molecular weight excluding hydrogens is 222 g/mol. The van der Waals surface area contributed by atoms with Crippen LogP contribution in [0.4, 0.5) is 0 Å². The molecule has 0 aromatic carbocycles. The normalized spacial score (nSPS) is 10.0. The zero-order valence-electron chi connectivity index (χ0n) is 10.5. The number of nitrogens with one attached hydrogen (secondary N) is 1. The molecule has 0 aliphatic carbocycles. The lowest BCUT2D eigenvalue weighted by atomic mass is 10.1. The Balaban J connectivity index is 3.18. The van der Waals surface area contributed by atoms with Crippen LogP contribution in [0.25, 0.3) is 0 Å². The van der Waals surface area contributed by atoms with Gasteiger partial charge in [-0.05, 0) is 12.8 Å². The van der Waals surface area contributed by atoms with Gasteiger partial charge < -0.3 is 15.2 Å². The molecule has 5 heteroatoms. The third-order valence-corrected chi connectivity index (χ3v) is 2.45. The van der Waals surface area contributed by atoms with Gasteiger partial charge in [0.2, 0.25) is 5.91 Å². The van der Waals surface area contributed by atoms with E-state index in [1.807, 2.05) is 0 Å². The van der Waals surface area contributed by atoms with Crippen molar-refractivity contribution < 1.29 is 19.4 Å². The van der Waals surface area contributed by atoms with Crippen LogP contribution in [0.2, 0.25) is 0 Å². The Hall–Kier alpha value is -1.10. The lowest BCUT2D eigenvalue weighted by Gasteiger charge is -2.03. The summed E-state index contributed by atoms with van der Waals surface area (Å²) in [5.74, 6) is -0.165. The molecule has 0 heterocycles. The zero-order chi connectivity index (χ0) is 12.9. The number of carbonyl (C=O) groups is 2. The minimum atomic E-state index is -0.159. The standard InChI is InChI=1S/C12H23NO4/c1-17-12(16)8-6-4-2-3-5-7-11(15)13-9-10-14/h14H,2-10H2,1H3,(H,13,15). The molecule has 0 saturated carbocycles. The zero-order valence-corrected chi connectivity index (χ0v) is 10.5. The number of rotatable bonds is 10. The van der Waals surface area contributed by atoms with E-state index in [1.54, 1.807) is 0 Å². The summed E-state index contributed by atoms with van der Waals surface area (Å²) in [6.07, 6.45) is 5.72. The van der Waals surface area contributed by atoms with E-state index in [-0.39, 0.29) is 18.5 Å². The second-order valence-corrected chi connectivity index (χ2v) is 3.92. The number of amides is 1. The van der Waals surface area contributed by atoms with Crippen molar-refractivity contribution >= 4 is 11.9 Å². The molecule has 0 aliphatic heterocycles. The van der Waals surface area contributed by atoms with Gasteiger partial charge in [0.1, 0.15) is 0 Å². The minimum absolute atomic E-state index is 0.00592. The summed E-state index contributed by atoms with van der Waals surface area (Å²) < 4.78 is 4.53. The molecule has 0 unspecified atom stereocenters. The van der Waals surface area contributed by atoms with Crippen molar-refractivity contribution in [2.24, 2.45) is 0 Å². The van der Waals surface area contributed by atoms with Crippen molar-refractivity contribution in [1.82, 2.24) is 5.32 Å². The minimum Gasteiger partial charge on any atom is -0.469 e. The second kappa shape index (κ2) is 11.4. The number of esters is 1. The van der Waals surface area contributed by atoms with Crippen LogP contribution >= 0.6 is 0 Å². The number of carbonyl (C=O) groups excluding carboxylic acids is 2. The average Bonchev–Trinajstić information content (AvgIpc) is 2.34. The number of hydrogen-bond donors (Lipinski definition) is 2. The van der Waals surface area contributed by atoms with Crippen LogP contribution < -0.4 is 5.32 Å². The van der Waals surface area contributed by atoms with Gasteiger partial charge in [0, 0.05) is 19.4 Å². The third-order valence-electron chi connectivity index (χ3n) is 2.45. The lowest BCUT2D eigenvalue weighted by molar-refractivity contribution is -0.140. The van der Waals surface area contributed by atoms with Crippen LogP contribution in [0.3, 0.4) is 0 Å². The maximum atomic E-state index is 11.1. The largest absolute Gasteiger partial charge is 0.469 e. The molecule has 0 atom stereocenters. The smallest absolute Gasteiger partial charge is 0.305 e. The number of unbranched alkanes of at least 4 members (excludes halogenated alkanes) is 4. The molecule has 2 N–H and O–H groups in total. The Morgan fingerprint density at radius 1 is 1.06 bits per heavy atom. The highest BCUT2D eigenvalue weighted by Gasteiger charge is 2.01. The number of aliphatic hydroxyl groups excluding tert-OH is 1. The molecule has 0 spiro atoms. The van der Waals surface area contributed by atoms with E-state index < -0.39 is 0 Å². The highest BCUT2D eigenvalue weighted by Crippen LogP contribution is 2.07. The van der Waals surface area contributed by atoms with E-state index >= 15 is 0 Å². The molecule has 0 aliphatic rings.